The molecule has 0 heterocycles. The number of rotatable bonds is 3. The highest BCUT2D eigenvalue weighted by Crippen LogP contribution is 2.75. The van der Waals surface area contributed by atoms with Crippen LogP contribution in [0.15, 0.2) is 68.4 Å². The average molecular weight is 612 g/mol. The van der Waals surface area contributed by atoms with Crippen molar-refractivity contribution in [3.63, 3.8) is 0 Å². The number of hydrogen-bond donors (Lipinski definition) is 0. The molecule has 1 saturated carbocycles. The molecule has 0 amide bonds. The summed E-state index contributed by atoms with van der Waals surface area (Å²) < 4.78 is 16.1. The van der Waals surface area contributed by atoms with Crippen molar-refractivity contribution in [3.05, 3.63) is 68.4 Å². The maximum absolute atomic E-state index is 14.5. The molecule has 6 heteroatoms. The Morgan fingerprint density at radius 2 is 1.16 bits per heavy atom. The molecule has 1 fully saturated rings. The highest BCUT2D eigenvalue weighted by Gasteiger charge is 2.66. The van der Waals surface area contributed by atoms with Gasteiger partial charge in [0.25, 0.3) is 0 Å². The van der Waals surface area contributed by atoms with Crippen LogP contribution in [-0.4, -0.2) is 3.23 Å². The smallest absolute Gasteiger partial charge is 0.166 e. The first-order valence-corrected chi connectivity index (χ1v) is 12.6. The lowest BCUT2D eigenvalue weighted by atomic mass is 10.2. The van der Waals surface area contributed by atoms with E-state index in [0.29, 0.717) is 0 Å². The zero-order valence-electron chi connectivity index (χ0n) is 14.0. The molecule has 0 aliphatic heterocycles. The molecule has 3 rings (SSSR count). The number of alkyl halides is 2. The molecule has 1 aliphatic carbocycles. The van der Waals surface area contributed by atoms with E-state index in [-0.39, 0.29) is 8.65 Å². The summed E-state index contributed by atoms with van der Waals surface area (Å²) in [6, 6.07) is 15.6. The molecule has 2 aromatic carbocycles. The van der Waals surface area contributed by atoms with Crippen molar-refractivity contribution in [2.45, 2.75) is 24.0 Å². The van der Waals surface area contributed by atoms with E-state index >= 15 is 0 Å². The van der Waals surface area contributed by atoms with E-state index in [2.05, 4.69) is 77.6 Å². The summed E-state index contributed by atoms with van der Waals surface area (Å²) in [5.74, 6) is 0. The maximum atomic E-state index is 14.5. The second-order valence-corrected chi connectivity index (χ2v) is 14.9. The molecular formula is C19H17Br4OP. The minimum atomic E-state index is -2.93. The Morgan fingerprint density at radius 1 is 0.840 bits per heavy atom. The van der Waals surface area contributed by atoms with E-state index < -0.39 is 7.14 Å². The molecule has 0 unspecified atom stereocenters. The van der Waals surface area contributed by atoms with Gasteiger partial charge in [0, 0.05) is 25.0 Å². The van der Waals surface area contributed by atoms with E-state index in [4.69, 9.17) is 0 Å². The number of hydrogen-bond acceptors (Lipinski definition) is 1. The summed E-state index contributed by atoms with van der Waals surface area (Å²) in [5.41, 5.74) is 1.08. The molecule has 0 spiro atoms. The second-order valence-electron chi connectivity index (χ2n) is 6.72. The van der Waals surface area contributed by atoms with Gasteiger partial charge in [-0.25, -0.2) is 0 Å². The van der Waals surface area contributed by atoms with Gasteiger partial charge in [-0.15, -0.1) is 0 Å². The van der Waals surface area contributed by atoms with E-state index in [1.54, 1.807) is 0 Å². The van der Waals surface area contributed by atoms with Gasteiger partial charge >= 0.3 is 0 Å². The van der Waals surface area contributed by atoms with Crippen LogP contribution >= 0.6 is 70.9 Å². The van der Waals surface area contributed by atoms with Crippen molar-refractivity contribution in [1.82, 2.24) is 0 Å². The fourth-order valence-electron chi connectivity index (χ4n) is 3.24. The normalized spacial score (nSPS) is 20.3. The minimum absolute atomic E-state index is 0.0858. The van der Waals surface area contributed by atoms with Crippen molar-refractivity contribution in [2.75, 3.05) is 0 Å². The lowest BCUT2D eigenvalue weighted by Crippen LogP contribution is -2.17. The third-order valence-corrected chi connectivity index (χ3v) is 11.9. The monoisotopic (exact) mass is 608 g/mol. The van der Waals surface area contributed by atoms with E-state index in [0.717, 1.165) is 30.4 Å². The third kappa shape index (κ3) is 3.23. The highest BCUT2D eigenvalue weighted by molar-refractivity contribution is 9.25. The van der Waals surface area contributed by atoms with Crippen LogP contribution < -0.4 is 10.6 Å². The summed E-state index contributed by atoms with van der Waals surface area (Å²) in [5, 5.41) is 2.64. The molecule has 0 atom stereocenters. The summed E-state index contributed by atoms with van der Waals surface area (Å²) in [4.78, 5) is 0. The van der Waals surface area contributed by atoms with Gasteiger partial charge in [-0.1, -0.05) is 77.6 Å². The van der Waals surface area contributed by atoms with Gasteiger partial charge in [-0.2, -0.15) is 0 Å². The van der Waals surface area contributed by atoms with Crippen LogP contribution in [0, 0.1) is 5.41 Å². The fraction of sp³-hybridized carbons (Fsp3) is 0.263. The summed E-state index contributed by atoms with van der Waals surface area (Å²) >= 11 is 14.5. The predicted molar refractivity (Wildman–Crippen MR) is 122 cm³/mol. The van der Waals surface area contributed by atoms with Gasteiger partial charge in [-0.05, 0) is 66.3 Å². The molecular weight excluding hydrogens is 595 g/mol. The van der Waals surface area contributed by atoms with Crippen LogP contribution in [0.1, 0.15) is 20.8 Å². The van der Waals surface area contributed by atoms with Gasteiger partial charge < -0.3 is 4.57 Å². The Morgan fingerprint density at radius 3 is 1.44 bits per heavy atom. The second kappa shape index (κ2) is 6.74. The van der Waals surface area contributed by atoms with Crippen LogP contribution in [-0.2, 0) is 4.57 Å². The molecule has 25 heavy (non-hydrogen) atoms. The SMILES string of the molecule is C/C(=C1/C(C)(C)C1(Br)Br)P(=O)(c1ccc(Br)cc1)c1ccc(Br)cc1. The summed E-state index contributed by atoms with van der Waals surface area (Å²) in [6.45, 7) is 6.32. The van der Waals surface area contributed by atoms with Gasteiger partial charge in [0.15, 0.2) is 7.14 Å². The molecule has 0 N–H and O–H groups in total. The zero-order chi connectivity index (χ0) is 18.6. The number of halogens is 4. The van der Waals surface area contributed by atoms with E-state index in [1.807, 2.05) is 55.5 Å². The zero-order valence-corrected chi connectivity index (χ0v) is 21.2. The standard InChI is InChI=1S/C19H17Br4OP/c1-12(17-18(2,3)19(17,22)23)25(24,15-8-4-13(20)5-9-15)16-10-6-14(21)7-11-16/h4-11H,1-3H3/b17-12+. The number of allylic oxidation sites excluding steroid dienone is 2. The molecule has 0 saturated heterocycles. The first-order valence-electron chi connectivity index (χ1n) is 7.75. The molecule has 0 radical (unpaired) electrons. The fourth-order valence-corrected chi connectivity index (χ4v) is 8.83. The largest absolute Gasteiger partial charge is 0.309 e. The van der Waals surface area contributed by atoms with Crippen molar-refractivity contribution in [1.29, 1.82) is 0 Å². The summed E-state index contributed by atoms with van der Waals surface area (Å²) in [6.07, 6.45) is 0. The molecule has 132 valence electrons. The van der Waals surface area contributed by atoms with Crippen molar-refractivity contribution >= 4 is 81.5 Å². The van der Waals surface area contributed by atoms with Crippen LogP contribution in [0.4, 0.5) is 0 Å². The Kier molecular flexibility index (Phi) is 5.41. The Bertz CT molecular complexity index is 831. The molecule has 1 nitrogen and oxygen atoms in total. The maximum Gasteiger partial charge on any atom is 0.166 e. The lowest BCUT2D eigenvalue weighted by Gasteiger charge is -2.21. The van der Waals surface area contributed by atoms with Gasteiger partial charge in [0.2, 0.25) is 0 Å². The third-order valence-electron chi connectivity index (χ3n) is 4.88. The average Bonchev–Trinajstić information content (AvgIpc) is 2.96. The van der Waals surface area contributed by atoms with Crippen LogP contribution in [0.2, 0.25) is 0 Å². The van der Waals surface area contributed by atoms with Gasteiger partial charge in [-0.3, -0.25) is 0 Å². The topological polar surface area (TPSA) is 17.1 Å². The Balaban J connectivity index is 2.28. The van der Waals surface area contributed by atoms with Crippen molar-refractivity contribution < 1.29 is 4.57 Å². The van der Waals surface area contributed by atoms with Crippen LogP contribution in [0.25, 0.3) is 0 Å². The van der Waals surface area contributed by atoms with E-state index in [9.17, 15) is 4.57 Å². The van der Waals surface area contributed by atoms with Crippen molar-refractivity contribution in [2.24, 2.45) is 5.41 Å². The molecule has 0 bridgehead atoms. The first kappa shape index (κ1) is 20.1. The number of benzene rings is 2. The summed E-state index contributed by atoms with van der Waals surface area (Å²) in [7, 11) is -2.93. The molecule has 1 aliphatic rings. The first-order chi connectivity index (χ1) is 11.5. The van der Waals surface area contributed by atoms with Gasteiger partial charge in [0.05, 0.1) is 0 Å². The van der Waals surface area contributed by atoms with Crippen molar-refractivity contribution in [3.8, 4) is 0 Å². The van der Waals surface area contributed by atoms with Gasteiger partial charge in [0.1, 0.15) is 3.23 Å². The molecule has 2 aromatic rings. The highest BCUT2D eigenvalue weighted by atomic mass is 79.9. The minimum Gasteiger partial charge on any atom is -0.309 e. The van der Waals surface area contributed by atoms with Crippen LogP contribution in [0.5, 0.6) is 0 Å². The Labute approximate surface area is 182 Å². The van der Waals surface area contributed by atoms with E-state index in [1.165, 1.54) is 0 Å². The predicted octanol–water partition coefficient (Wildman–Crippen LogP) is 7.33. The molecule has 0 aromatic heterocycles. The van der Waals surface area contributed by atoms with Crippen LogP contribution in [0.3, 0.4) is 0 Å². The quantitative estimate of drug-likeness (QED) is 0.263. The Hall–Kier alpha value is 0.330. The lowest BCUT2D eigenvalue weighted by molar-refractivity contribution is 0.590.